The average molecular weight is 1050 g/mol. The molecule has 0 bridgehead atoms. The molecule has 0 spiro atoms. The predicted molar refractivity (Wildman–Crippen MR) is 293 cm³/mol. The Kier molecular flexibility index (Phi) is 15.6. The third-order valence-electron chi connectivity index (χ3n) is 15.3. The summed E-state index contributed by atoms with van der Waals surface area (Å²) < 4.78 is 66.1. The number of aromatic nitrogens is 10. The lowest BCUT2D eigenvalue weighted by Gasteiger charge is -2.44. The van der Waals surface area contributed by atoms with E-state index in [2.05, 4.69) is 109 Å². The van der Waals surface area contributed by atoms with Crippen molar-refractivity contribution >= 4 is 45.6 Å². The molecule has 77 heavy (non-hydrogen) atoms. The number of likely N-dealkylation sites (N-methyl/N-ethyl adjacent to an activating group) is 2. The van der Waals surface area contributed by atoms with Gasteiger partial charge in [0.2, 0.25) is 11.9 Å². The highest BCUT2D eigenvalue weighted by molar-refractivity contribution is 5.84. The van der Waals surface area contributed by atoms with E-state index in [9.17, 15) is 0 Å². The first-order valence-corrected chi connectivity index (χ1v) is 26.8. The number of aryl methyl sites for hydroxylation is 2. The van der Waals surface area contributed by atoms with E-state index >= 15 is 17.6 Å². The van der Waals surface area contributed by atoms with Crippen molar-refractivity contribution in [2.75, 3.05) is 56.4 Å². The molecule has 10 rings (SSSR count). The molecule has 0 amide bonds. The largest absolute Gasteiger partial charge is 0.326 e. The van der Waals surface area contributed by atoms with Crippen LogP contribution in [0.5, 0.6) is 0 Å². The second-order valence-electron chi connectivity index (χ2n) is 21.1. The molecule has 0 aliphatic carbocycles. The number of benzene rings is 2. The summed E-state index contributed by atoms with van der Waals surface area (Å²) in [6.07, 6.45) is 7.50. The maximum atomic E-state index is 16.0. The standard InChI is InChI=1S/C57H68F4N16/c1-10-74-19-18-72(30-39-13-16-50(62-24-39)68-56-64-26-46(60)52(70-56)41-20-44(58)54-48(22-41)76(33(3)4)37(8)66-54)32-43(74)15-12-34(5)77-38(9)67-55-45(59)21-42(23-49(55)77)53-47(61)27-65-57(71-53)69-51-17-14-40(25-63-51)31-73-28-35(6)75(11-2)36(7)29-73/h13-14,16-17,20-27,33-36,43H,10-12,15,18-19,28-32H2,1-9H3,(H,62,64,68,70)(H,63,65,69,71)/t34?,35-,36+,43-/m1/s1. The molecule has 8 heterocycles. The van der Waals surface area contributed by atoms with Crippen molar-refractivity contribution in [1.82, 2.24) is 68.6 Å². The minimum Gasteiger partial charge on any atom is -0.326 e. The zero-order chi connectivity index (χ0) is 54.2. The number of fused-ring (bicyclic) bond motifs is 2. The second kappa shape index (κ2) is 22.5. The number of piperazine rings is 2. The molecule has 16 nitrogen and oxygen atoms in total. The van der Waals surface area contributed by atoms with Gasteiger partial charge in [-0.05, 0) is 122 Å². The van der Waals surface area contributed by atoms with Crippen LogP contribution in [0.2, 0.25) is 0 Å². The molecule has 2 aromatic carbocycles. The van der Waals surface area contributed by atoms with Gasteiger partial charge in [-0.25, -0.2) is 57.4 Å². The van der Waals surface area contributed by atoms with E-state index in [-0.39, 0.29) is 63.6 Å². The Labute approximate surface area is 447 Å². The quantitative estimate of drug-likeness (QED) is 0.0833. The van der Waals surface area contributed by atoms with Crippen molar-refractivity contribution in [2.45, 2.75) is 118 Å². The van der Waals surface area contributed by atoms with Gasteiger partial charge in [0.15, 0.2) is 23.3 Å². The second-order valence-corrected chi connectivity index (χ2v) is 21.1. The molecule has 1 unspecified atom stereocenters. The molecule has 2 fully saturated rings. The van der Waals surface area contributed by atoms with Crippen LogP contribution in [-0.4, -0.2) is 133 Å². The Morgan fingerprint density at radius 3 is 1.60 bits per heavy atom. The van der Waals surface area contributed by atoms with Crippen molar-refractivity contribution < 1.29 is 17.6 Å². The van der Waals surface area contributed by atoms with Gasteiger partial charge in [-0.15, -0.1) is 0 Å². The summed E-state index contributed by atoms with van der Waals surface area (Å²) >= 11 is 0. The van der Waals surface area contributed by atoms with Crippen LogP contribution in [0, 0.1) is 37.1 Å². The summed E-state index contributed by atoms with van der Waals surface area (Å²) in [5.74, 6) is 0.150. The lowest BCUT2D eigenvalue weighted by Crippen LogP contribution is -2.56. The highest BCUT2D eigenvalue weighted by Crippen LogP contribution is 2.34. The van der Waals surface area contributed by atoms with Crippen LogP contribution in [0.15, 0.2) is 73.3 Å². The third kappa shape index (κ3) is 11.4. The number of hydrogen-bond acceptors (Lipinski definition) is 14. The van der Waals surface area contributed by atoms with Gasteiger partial charge in [0, 0.05) is 99.5 Å². The molecular formula is C57H68F4N16. The number of nitrogens with zero attached hydrogens (tertiary/aromatic N) is 14. The molecule has 6 aromatic heterocycles. The van der Waals surface area contributed by atoms with Crippen molar-refractivity contribution in [2.24, 2.45) is 0 Å². The Bertz CT molecular complexity index is 3370. The van der Waals surface area contributed by atoms with Crippen molar-refractivity contribution in [1.29, 1.82) is 0 Å². The molecular weight excluding hydrogens is 985 g/mol. The fourth-order valence-electron chi connectivity index (χ4n) is 11.8. The molecule has 0 radical (unpaired) electrons. The summed E-state index contributed by atoms with van der Waals surface area (Å²) in [4.78, 5) is 45.6. The number of hydrogen-bond donors (Lipinski definition) is 2. The molecule has 2 aliphatic heterocycles. The number of pyridine rings is 2. The predicted octanol–water partition coefficient (Wildman–Crippen LogP) is 10.8. The van der Waals surface area contributed by atoms with Gasteiger partial charge in [-0.1, -0.05) is 26.0 Å². The first-order valence-electron chi connectivity index (χ1n) is 26.8. The van der Waals surface area contributed by atoms with Gasteiger partial charge >= 0.3 is 0 Å². The first-order chi connectivity index (χ1) is 37.0. The topological polar surface area (TPSA) is 150 Å². The Morgan fingerprint density at radius 2 is 1.10 bits per heavy atom. The number of nitrogens with one attached hydrogen (secondary N) is 2. The SMILES string of the molecule is CCN1CCN(Cc2ccc(Nc3ncc(F)c(-c4cc(F)c5nc(C)n(C(C)C)c5c4)n3)nc2)C[C@H]1CCC(C)n1c(C)nc2c(F)cc(-c3nc(Nc4ccc(CN5C[C@@H](C)N(CC)[C@@H](C)C5)cn4)ncc3F)cc21. The van der Waals surface area contributed by atoms with Crippen LogP contribution < -0.4 is 10.6 Å². The Morgan fingerprint density at radius 1 is 0.584 bits per heavy atom. The normalized spacial score (nSPS) is 18.5. The molecule has 2 saturated heterocycles. The molecule has 4 atom stereocenters. The van der Waals surface area contributed by atoms with E-state index in [1.54, 1.807) is 12.1 Å². The van der Waals surface area contributed by atoms with Gasteiger partial charge in [0.1, 0.15) is 45.7 Å². The van der Waals surface area contributed by atoms with Crippen LogP contribution in [0.4, 0.5) is 41.1 Å². The number of rotatable bonds is 17. The van der Waals surface area contributed by atoms with Crippen LogP contribution in [-0.2, 0) is 13.1 Å². The van der Waals surface area contributed by atoms with Gasteiger partial charge in [0.25, 0.3) is 0 Å². The molecule has 8 aromatic rings. The van der Waals surface area contributed by atoms with Crippen molar-refractivity contribution in [3.63, 3.8) is 0 Å². The molecule has 20 heteroatoms. The lowest BCUT2D eigenvalue weighted by atomic mass is 10.0. The molecule has 2 N–H and O–H groups in total. The third-order valence-corrected chi connectivity index (χ3v) is 15.3. The van der Waals surface area contributed by atoms with Crippen LogP contribution in [0.25, 0.3) is 44.6 Å². The zero-order valence-corrected chi connectivity index (χ0v) is 45.4. The van der Waals surface area contributed by atoms with Crippen LogP contribution in [0.1, 0.15) is 96.2 Å². The number of imidazole rings is 2. The van der Waals surface area contributed by atoms with Crippen LogP contribution in [0.3, 0.4) is 0 Å². The number of halogens is 4. The summed E-state index contributed by atoms with van der Waals surface area (Å²) in [6, 6.07) is 15.0. The van der Waals surface area contributed by atoms with E-state index in [1.807, 2.05) is 68.9 Å². The van der Waals surface area contributed by atoms with Gasteiger partial charge < -0.3 is 19.8 Å². The van der Waals surface area contributed by atoms with Gasteiger partial charge in [-0.3, -0.25) is 19.6 Å². The highest BCUT2D eigenvalue weighted by Gasteiger charge is 2.30. The van der Waals surface area contributed by atoms with Crippen molar-refractivity contribution in [3.8, 4) is 22.5 Å². The van der Waals surface area contributed by atoms with E-state index in [4.69, 9.17) is 0 Å². The van der Waals surface area contributed by atoms with E-state index in [0.717, 1.165) is 88.7 Å². The lowest BCUT2D eigenvalue weighted by molar-refractivity contribution is 0.0391. The van der Waals surface area contributed by atoms with Gasteiger partial charge in [0.05, 0.1) is 23.4 Å². The maximum absolute atomic E-state index is 16.0. The monoisotopic (exact) mass is 1050 g/mol. The van der Waals surface area contributed by atoms with Crippen LogP contribution >= 0.6 is 0 Å². The minimum absolute atomic E-state index is 0.0221. The minimum atomic E-state index is -0.678. The Hall–Kier alpha value is -7.00. The molecule has 404 valence electrons. The number of anilines is 4. The van der Waals surface area contributed by atoms with Gasteiger partial charge in [-0.2, -0.15) is 0 Å². The summed E-state index contributed by atoms with van der Waals surface area (Å²) in [5.41, 5.74) is 4.21. The summed E-state index contributed by atoms with van der Waals surface area (Å²) in [7, 11) is 0. The zero-order valence-electron chi connectivity index (χ0n) is 45.4. The fraction of sp³-hybridized carbons (Fsp3) is 0.439. The van der Waals surface area contributed by atoms with E-state index < -0.39 is 23.3 Å². The fourth-order valence-corrected chi connectivity index (χ4v) is 11.8. The summed E-state index contributed by atoms with van der Waals surface area (Å²) in [5, 5.41) is 6.20. The average Bonchev–Trinajstić information content (AvgIpc) is 3.93. The van der Waals surface area contributed by atoms with E-state index in [0.29, 0.717) is 52.9 Å². The van der Waals surface area contributed by atoms with Crippen molar-refractivity contribution in [3.05, 3.63) is 119 Å². The smallest absolute Gasteiger partial charge is 0.229 e. The Balaban J connectivity index is 0.775. The maximum Gasteiger partial charge on any atom is 0.229 e. The first kappa shape index (κ1) is 53.4. The summed E-state index contributed by atoms with van der Waals surface area (Å²) in [6.45, 7) is 26.8. The van der Waals surface area contributed by atoms with E-state index in [1.165, 1.54) is 12.1 Å². The molecule has 2 aliphatic rings. The highest BCUT2D eigenvalue weighted by atomic mass is 19.1. The molecule has 0 saturated carbocycles.